The summed E-state index contributed by atoms with van der Waals surface area (Å²) in [5, 5.41) is 0.621. The lowest BCUT2D eigenvalue weighted by Crippen LogP contribution is -2.40. The van der Waals surface area contributed by atoms with Crippen LogP contribution < -0.4 is 4.90 Å². The number of imidazole rings is 1. The molecule has 1 aliphatic heterocycles. The first-order valence-electron chi connectivity index (χ1n) is 9.77. The van der Waals surface area contributed by atoms with Crippen molar-refractivity contribution in [3.8, 4) is 0 Å². The molecule has 1 aliphatic rings. The molecule has 0 spiro atoms. The van der Waals surface area contributed by atoms with Crippen LogP contribution in [0.4, 0.5) is 5.69 Å². The zero-order chi connectivity index (χ0) is 19.5. The highest BCUT2D eigenvalue weighted by atomic mass is 32.2. The number of carbonyl (C=O) groups excluding carboxylic acids is 1. The minimum atomic E-state index is -0.193. The van der Waals surface area contributed by atoms with Crippen LogP contribution in [0.15, 0.2) is 59.8 Å². The fourth-order valence-corrected chi connectivity index (χ4v) is 4.62. The van der Waals surface area contributed by atoms with Crippen molar-refractivity contribution in [1.29, 1.82) is 0 Å². The van der Waals surface area contributed by atoms with Crippen LogP contribution in [0, 0.1) is 6.92 Å². The number of carbonyl (C=O) groups is 1. The predicted octanol–water partition coefficient (Wildman–Crippen LogP) is 4.77. The second-order valence-corrected chi connectivity index (χ2v) is 8.59. The van der Waals surface area contributed by atoms with Crippen molar-refractivity contribution in [2.24, 2.45) is 0 Å². The van der Waals surface area contributed by atoms with Crippen LogP contribution in [-0.4, -0.2) is 27.7 Å². The number of aromatic nitrogens is 2. The van der Waals surface area contributed by atoms with Gasteiger partial charge in [-0.3, -0.25) is 4.79 Å². The molecule has 4 rings (SSSR count). The maximum absolute atomic E-state index is 13.1. The molecule has 144 valence electrons. The third-order valence-corrected chi connectivity index (χ3v) is 6.16. The van der Waals surface area contributed by atoms with Crippen molar-refractivity contribution < 1.29 is 4.79 Å². The Labute approximate surface area is 170 Å². The van der Waals surface area contributed by atoms with Gasteiger partial charge in [-0.25, -0.2) is 4.98 Å². The van der Waals surface area contributed by atoms with E-state index in [-0.39, 0.29) is 11.2 Å². The summed E-state index contributed by atoms with van der Waals surface area (Å²) in [6, 6.07) is 18.6. The van der Waals surface area contributed by atoms with Crippen LogP contribution in [0.5, 0.6) is 0 Å². The van der Waals surface area contributed by atoms with Crippen LogP contribution in [-0.2, 0) is 17.6 Å². The summed E-state index contributed by atoms with van der Waals surface area (Å²) < 4.78 is 0. The number of amides is 1. The minimum absolute atomic E-state index is 0.149. The number of benzene rings is 2. The van der Waals surface area contributed by atoms with Crippen molar-refractivity contribution in [1.82, 2.24) is 9.97 Å². The smallest absolute Gasteiger partial charge is 0.240 e. The predicted molar refractivity (Wildman–Crippen MR) is 115 cm³/mol. The molecule has 5 heteroatoms. The number of rotatable bonds is 5. The molecule has 1 atom stereocenters. The van der Waals surface area contributed by atoms with E-state index in [9.17, 15) is 4.79 Å². The normalized spacial score (nSPS) is 14.6. The van der Waals surface area contributed by atoms with Crippen molar-refractivity contribution in [2.45, 2.75) is 43.5 Å². The summed E-state index contributed by atoms with van der Waals surface area (Å²) >= 11 is 1.51. The molecule has 0 unspecified atom stereocenters. The lowest BCUT2D eigenvalue weighted by Gasteiger charge is -2.31. The number of nitrogens with zero attached hydrogens (tertiary/aromatic N) is 2. The Hall–Kier alpha value is -2.53. The number of anilines is 1. The molecular formula is C23H25N3OS. The number of fused-ring (bicyclic) bond motifs is 1. The quantitative estimate of drug-likeness (QED) is 0.638. The molecule has 0 saturated carbocycles. The first-order valence-corrected chi connectivity index (χ1v) is 10.6. The molecular weight excluding hydrogens is 366 g/mol. The summed E-state index contributed by atoms with van der Waals surface area (Å²) in [7, 11) is 0. The van der Waals surface area contributed by atoms with Gasteiger partial charge in [-0.1, -0.05) is 60.3 Å². The van der Waals surface area contributed by atoms with Crippen LogP contribution in [0.3, 0.4) is 0 Å². The first-order chi connectivity index (χ1) is 13.6. The highest BCUT2D eigenvalue weighted by molar-refractivity contribution is 8.00. The lowest BCUT2D eigenvalue weighted by atomic mass is 10.0. The van der Waals surface area contributed by atoms with E-state index in [4.69, 9.17) is 4.98 Å². The summed E-state index contributed by atoms with van der Waals surface area (Å²) in [5.41, 5.74) is 5.67. The Balaban J connectivity index is 1.46. The summed E-state index contributed by atoms with van der Waals surface area (Å²) in [6.07, 6.45) is 2.86. The second-order valence-electron chi connectivity index (χ2n) is 7.26. The molecule has 3 aromatic rings. The molecule has 2 aromatic carbocycles. The molecule has 0 aliphatic carbocycles. The zero-order valence-electron chi connectivity index (χ0n) is 16.3. The van der Waals surface area contributed by atoms with Gasteiger partial charge in [-0.2, -0.15) is 0 Å². The van der Waals surface area contributed by atoms with Crippen molar-refractivity contribution >= 4 is 23.4 Å². The van der Waals surface area contributed by atoms with E-state index in [2.05, 4.69) is 29.2 Å². The first kappa shape index (κ1) is 18.8. The van der Waals surface area contributed by atoms with Gasteiger partial charge in [0.05, 0.1) is 10.9 Å². The fourth-order valence-electron chi connectivity index (χ4n) is 3.68. The average Bonchev–Trinajstić information content (AvgIpc) is 3.06. The van der Waals surface area contributed by atoms with E-state index in [0.717, 1.165) is 48.0 Å². The van der Waals surface area contributed by atoms with Gasteiger partial charge in [0.2, 0.25) is 5.91 Å². The topological polar surface area (TPSA) is 49.0 Å². The van der Waals surface area contributed by atoms with Gasteiger partial charge in [0.25, 0.3) is 0 Å². The zero-order valence-corrected chi connectivity index (χ0v) is 17.1. The number of hydrogen-bond donors (Lipinski definition) is 1. The fraction of sp³-hybridized carbons (Fsp3) is 0.304. The van der Waals surface area contributed by atoms with Crippen molar-refractivity contribution in [2.75, 3.05) is 11.4 Å². The van der Waals surface area contributed by atoms with E-state index in [0.29, 0.717) is 0 Å². The van der Waals surface area contributed by atoms with Crippen molar-refractivity contribution in [3.63, 3.8) is 0 Å². The van der Waals surface area contributed by atoms with Crippen LogP contribution >= 0.6 is 11.8 Å². The number of hydrogen-bond acceptors (Lipinski definition) is 3. The molecule has 1 N–H and O–H groups in total. The highest BCUT2D eigenvalue weighted by Gasteiger charge is 2.27. The van der Waals surface area contributed by atoms with E-state index in [1.807, 2.05) is 49.1 Å². The van der Waals surface area contributed by atoms with E-state index < -0.39 is 0 Å². The molecule has 1 aromatic heterocycles. The number of aryl methyl sites for hydroxylation is 2. The average molecular weight is 392 g/mol. The van der Waals surface area contributed by atoms with Gasteiger partial charge >= 0.3 is 0 Å². The molecule has 28 heavy (non-hydrogen) atoms. The summed E-state index contributed by atoms with van der Waals surface area (Å²) in [4.78, 5) is 23.2. The summed E-state index contributed by atoms with van der Waals surface area (Å²) in [5.74, 6) is 0.149. The monoisotopic (exact) mass is 391 g/mol. The molecule has 4 nitrogen and oxygen atoms in total. The van der Waals surface area contributed by atoms with E-state index >= 15 is 0 Å². The van der Waals surface area contributed by atoms with Gasteiger partial charge in [0.1, 0.15) is 0 Å². The SMILES string of the molecule is Cc1[nH]c(S[C@H](C)C(=O)N2CCCc3ccccc32)nc1Cc1ccccc1. The van der Waals surface area contributed by atoms with Gasteiger partial charge in [0.15, 0.2) is 5.16 Å². The Bertz CT molecular complexity index is 967. The van der Waals surface area contributed by atoms with Crippen LogP contribution in [0.1, 0.15) is 35.9 Å². The number of thioether (sulfide) groups is 1. The Morgan fingerprint density at radius 1 is 1.18 bits per heavy atom. The third kappa shape index (κ3) is 3.99. The van der Waals surface area contributed by atoms with E-state index in [1.165, 1.54) is 22.9 Å². The Morgan fingerprint density at radius 2 is 1.93 bits per heavy atom. The largest absolute Gasteiger partial charge is 0.337 e. The number of aromatic amines is 1. The molecule has 0 fully saturated rings. The van der Waals surface area contributed by atoms with Crippen LogP contribution in [0.25, 0.3) is 0 Å². The molecule has 0 radical (unpaired) electrons. The van der Waals surface area contributed by atoms with Gasteiger partial charge in [-0.15, -0.1) is 0 Å². The minimum Gasteiger partial charge on any atom is -0.337 e. The lowest BCUT2D eigenvalue weighted by molar-refractivity contribution is -0.117. The van der Waals surface area contributed by atoms with Crippen LogP contribution in [0.2, 0.25) is 0 Å². The number of H-pyrrole nitrogens is 1. The third-order valence-electron chi connectivity index (χ3n) is 5.19. The van der Waals surface area contributed by atoms with Crippen molar-refractivity contribution in [3.05, 3.63) is 77.1 Å². The Morgan fingerprint density at radius 3 is 2.75 bits per heavy atom. The molecule has 0 bridgehead atoms. The second kappa shape index (κ2) is 8.23. The summed E-state index contributed by atoms with van der Waals surface area (Å²) in [6.45, 7) is 4.80. The Kier molecular flexibility index (Phi) is 5.53. The molecule has 2 heterocycles. The standard InChI is InChI=1S/C23H25N3OS/c1-16-20(15-18-9-4-3-5-10-18)25-23(24-16)28-17(2)22(27)26-14-8-12-19-11-6-7-13-21(19)26/h3-7,9-11,13,17H,8,12,14-15H2,1-2H3,(H,24,25)/t17-/m1/s1. The van der Waals surface area contributed by atoms with E-state index in [1.54, 1.807) is 0 Å². The number of para-hydroxylation sites is 1. The molecule has 1 amide bonds. The van der Waals surface area contributed by atoms with Gasteiger partial charge < -0.3 is 9.88 Å². The maximum atomic E-state index is 13.1. The van der Waals surface area contributed by atoms with Gasteiger partial charge in [-0.05, 0) is 43.9 Å². The number of nitrogens with one attached hydrogen (secondary N) is 1. The highest BCUT2D eigenvalue weighted by Crippen LogP contribution is 2.30. The van der Waals surface area contributed by atoms with Gasteiger partial charge in [0, 0.05) is 24.3 Å². The molecule has 0 saturated heterocycles. The maximum Gasteiger partial charge on any atom is 0.240 e.